The van der Waals surface area contributed by atoms with E-state index in [1.807, 2.05) is 50.2 Å². The van der Waals surface area contributed by atoms with Crippen molar-refractivity contribution in [1.82, 2.24) is 0 Å². The first-order valence-corrected chi connectivity index (χ1v) is 8.69. The molecule has 2 aromatic rings. The predicted octanol–water partition coefficient (Wildman–Crippen LogP) is 3.28. The Labute approximate surface area is 154 Å². The Bertz CT molecular complexity index is 799. The van der Waals surface area contributed by atoms with Crippen molar-refractivity contribution in [2.75, 3.05) is 25.2 Å². The van der Waals surface area contributed by atoms with E-state index in [0.717, 1.165) is 11.3 Å². The molecule has 2 aromatic carbocycles. The minimum absolute atomic E-state index is 0.348. The highest BCUT2D eigenvalue weighted by Crippen LogP contribution is 2.44. The average molecular weight is 352 g/mol. The zero-order valence-corrected chi connectivity index (χ0v) is 15.3. The van der Waals surface area contributed by atoms with Crippen LogP contribution in [-0.4, -0.2) is 37.1 Å². The summed E-state index contributed by atoms with van der Waals surface area (Å²) in [6, 6.07) is 17.1. The molecule has 3 rings (SSSR count). The van der Waals surface area contributed by atoms with Crippen LogP contribution < -0.4 is 9.64 Å². The van der Waals surface area contributed by atoms with E-state index >= 15 is 0 Å². The van der Waals surface area contributed by atoms with Gasteiger partial charge in [0.15, 0.2) is 0 Å². The highest BCUT2D eigenvalue weighted by molar-refractivity contribution is 5.54. The first kappa shape index (κ1) is 18.2. The molecule has 5 nitrogen and oxygen atoms in total. The van der Waals surface area contributed by atoms with Crippen molar-refractivity contribution in [1.29, 1.82) is 5.26 Å². The zero-order valence-electron chi connectivity index (χ0n) is 15.3. The van der Waals surface area contributed by atoms with Crippen LogP contribution in [0.2, 0.25) is 0 Å². The normalized spacial score (nSPS) is 20.6. The van der Waals surface area contributed by atoms with Crippen molar-refractivity contribution in [3.05, 3.63) is 59.7 Å². The second kappa shape index (κ2) is 7.36. The molecule has 0 bridgehead atoms. The third-order valence-corrected chi connectivity index (χ3v) is 4.80. The molecule has 0 unspecified atom stereocenters. The fraction of sp³-hybridized carbons (Fsp3) is 0.381. The monoisotopic (exact) mass is 352 g/mol. The summed E-state index contributed by atoms with van der Waals surface area (Å²) in [6.45, 7) is 4.89. The van der Waals surface area contributed by atoms with Crippen LogP contribution in [0.4, 0.5) is 5.69 Å². The number of nitrogens with zero attached hydrogens (tertiary/aromatic N) is 2. The van der Waals surface area contributed by atoms with Crippen molar-refractivity contribution in [3.8, 4) is 11.8 Å². The number of hydrogen-bond acceptors (Lipinski definition) is 5. The van der Waals surface area contributed by atoms with Crippen LogP contribution in [-0.2, 0) is 4.74 Å². The lowest BCUT2D eigenvalue weighted by atomic mass is 9.84. The Morgan fingerprint density at radius 2 is 1.96 bits per heavy atom. The Morgan fingerprint density at radius 1 is 1.23 bits per heavy atom. The smallest absolute Gasteiger partial charge is 0.132 e. The maximum atomic E-state index is 11.1. The lowest BCUT2D eigenvalue weighted by Gasteiger charge is -2.47. The molecule has 0 fully saturated rings. The molecule has 2 atom stereocenters. The molecule has 136 valence electrons. The predicted molar refractivity (Wildman–Crippen MR) is 100 cm³/mol. The van der Waals surface area contributed by atoms with Gasteiger partial charge in [0.05, 0.1) is 24.3 Å². The molecule has 1 heterocycles. The van der Waals surface area contributed by atoms with Crippen molar-refractivity contribution < 1.29 is 14.6 Å². The summed E-state index contributed by atoms with van der Waals surface area (Å²) in [5, 5.41) is 20.5. The topological polar surface area (TPSA) is 65.7 Å². The fourth-order valence-electron chi connectivity index (χ4n) is 3.41. The van der Waals surface area contributed by atoms with E-state index in [-0.39, 0.29) is 6.04 Å². The Morgan fingerprint density at radius 3 is 2.62 bits per heavy atom. The summed E-state index contributed by atoms with van der Waals surface area (Å²) in [5.74, 6) is 0.697. The summed E-state index contributed by atoms with van der Waals surface area (Å²) in [6.07, 6.45) is -0.777. The molecule has 0 aromatic heterocycles. The average Bonchev–Trinajstić information content (AvgIpc) is 2.65. The summed E-state index contributed by atoms with van der Waals surface area (Å²) < 4.78 is 11.3. The molecule has 26 heavy (non-hydrogen) atoms. The Balaban J connectivity index is 2.14. The SMILES string of the molecule is COCCN(c1ccccc1)[C@H]1c2cc(C#N)ccc2OC(C)(C)[C@@H]1O. The van der Waals surface area contributed by atoms with Crippen LogP contribution in [0.5, 0.6) is 5.75 Å². The highest BCUT2D eigenvalue weighted by Gasteiger charge is 2.45. The van der Waals surface area contributed by atoms with Gasteiger partial charge in [0.1, 0.15) is 17.5 Å². The number of rotatable bonds is 5. The van der Waals surface area contributed by atoms with Crippen LogP contribution in [0.25, 0.3) is 0 Å². The molecule has 0 spiro atoms. The van der Waals surface area contributed by atoms with Crippen LogP contribution >= 0.6 is 0 Å². The molecule has 5 heteroatoms. The maximum Gasteiger partial charge on any atom is 0.132 e. The minimum Gasteiger partial charge on any atom is -0.485 e. The number of nitriles is 1. The number of ether oxygens (including phenoxy) is 2. The molecule has 1 aliphatic heterocycles. The molecule has 0 aliphatic carbocycles. The number of hydrogen-bond donors (Lipinski definition) is 1. The van der Waals surface area contributed by atoms with Gasteiger partial charge in [-0.1, -0.05) is 18.2 Å². The summed E-state index contributed by atoms with van der Waals surface area (Å²) in [5.41, 5.74) is 1.59. The van der Waals surface area contributed by atoms with Crippen LogP contribution in [0, 0.1) is 11.3 Å². The zero-order chi connectivity index (χ0) is 18.7. The van der Waals surface area contributed by atoms with Gasteiger partial charge < -0.3 is 19.5 Å². The van der Waals surface area contributed by atoms with Crippen LogP contribution in [0.15, 0.2) is 48.5 Å². The van der Waals surface area contributed by atoms with Gasteiger partial charge in [-0.05, 0) is 44.2 Å². The molecule has 1 aliphatic rings. The van der Waals surface area contributed by atoms with Gasteiger partial charge in [0, 0.05) is 24.9 Å². The lowest BCUT2D eigenvalue weighted by Crippen LogP contribution is -2.54. The summed E-state index contributed by atoms with van der Waals surface area (Å²) >= 11 is 0. The molecule has 0 saturated carbocycles. The van der Waals surface area contributed by atoms with E-state index in [4.69, 9.17) is 9.47 Å². The van der Waals surface area contributed by atoms with E-state index < -0.39 is 11.7 Å². The van der Waals surface area contributed by atoms with Gasteiger partial charge in [-0.15, -0.1) is 0 Å². The Hall–Kier alpha value is -2.55. The van der Waals surface area contributed by atoms with Gasteiger partial charge in [-0.2, -0.15) is 5.26 Å². The largest absolute Gasteiger partial charge is 0.485 e. The minimum atomic E-state index is -0.777. The van der Waals surface area contributed by atoms with Gasteiger partial charge >= 0.3 is 0 Å². The maximum absolute atomic E-state index is 11.1. The standard InChI is InChI=1S/C21H24N2O3/c1-21(2)20(24)19(17-13-15(14-22)9-10-18(17)26-21)23(11-12-25-3)16-7-5-4-6-8-16/h4-10,13,19-20,24H,11-12H2,1-3H3/t19-,20+/m0/s1. The van der Waals surface area contributed by atoms with Crippen LogP contribution in [0.1, 0.15) is 31.0 Å². The highest BCUT2D eigenvalue weighted by atomic mass is 16.5. The first-order valence-electron chi connectivity index (χ1n) is 8.69. The van der Waals surface area contributed by atoms with E-state index in [2.05, 4.69) is 11.0 Å². The second-order valence-electron chi connectivity index (χ2n) is 6.98. The van der Waals surface area contributed by atoms with Crippen LogP contribution in [0.3, 0.4) is 0 Å². The number of methoxy groups -OCH3 is 1. The van der Waals surface area contributed by atoms with Crippen molar-refractivity contribution in [3.63, 3.8) is 0 Å². The third-order valence-electron chi connectivity index (χ3n) is 4.80. The molecule has 0 saturated heterocycles. The molecule has 1 N–H and O–H groups in total. The second-order valence-corrected chi connectivity index (χ2v) is 6.98. The molecule has 0 amide bonds. The number of benzene rings is 2. The summed E-state index contributed by atoms with van der Waals surface area (Å²) in [4.78, 5) is 2.12. The number of aliphatic hydroxyl groups is 1. The molecular weight excluding hydrogens is 328 g/mol. The summed E-state index contributed by atoms with van der Waals surface area (Å²) in [7, 11) is 1.66. The quantitative estimate of drug-likeness (QED) is 0.894. The van der Waals surface area contributed by atoms with Crippen molar-refractivity contribution >= 4 is 5.69 Å². The third kappa shape index (κ3) is 3.39. The number of anilines is 1. The van der Waals surface area contributed by atoms with Gasteiger partial charge in [0.2, 0.25) is 0 Å². The van der Waals surface area contributed by atoms with Gasteiger partial charge in [-0.25, -0.2) is 0 Å². The first-order chi connectivity index (χ1) is 12.5. The van der Waals surface area contributed by atoms with E-state index in [9.17, 15) is 10.4 Å². The molecular formula is C21H24N2O3. The van der Waals surface area contributed by atoms with Gasteiger partial charge in [-0.3, -0.25) is 0 Å². The fourth-order valence-corrected chi connectivity index (χ4v) is 3.41. The van der Waals surface area contributed by atoms with Crippen molar-refractivity contribution in [2.45, 2.75) is 31.6 Å². The number of fused-ring (bicyclic) bond motifs is 1. The number of aliphatic hydroxyl groups excluding tert-OH is 1. The lowest BCUT2D eigenvalue weighted by molar-refractivity contribution is -0.0591. The van der Waals surface area contributed by atoms with Crippen molar-refractivity contribution in [2.24, 2.45) is 0 Å². The van der Waals surface area contributed by atoms with E-state index in [1.54, 1.807) is 19.2 Å². The molecule has 0 radical (unpaired) electrons. The van der Waals surface area contributed by atoms with Gasteiger partial charge in [0.25, 0.3) is 0 Å². The van der Waals surface area contributed by atoms with E-state index in [1.165, 1.54) is 0 Å². The van der Waals surface area contributed by atoms with E-state index in [0.29, 0.717) is 24.5 Å². The Kier molecular flexibility index (Phi) is 5.17. The number of para-hydroxylation sites is 1.